The summed E-state index contributed by atoms with van der Waals surface area (Å²) in [6.45, 7) is 10.9. The first kappa shape index (κ1) is 16.4. The Kier molecular flexibility index (Phi) is 7.38. The summed E-state index contributed by atoms with van der Waals surface area (Å²) >= 11 is 0. The number of aliphatic hydroxyl groups is 3. The molecule has 102 valence electrons. The van der Waals surface area contributed by atoms with E-state index in [0.29, 0.717) is 5.70 Å². The maximum atomic E-state index is 9.81. The highest BCUT2D eigenvalue weighted by molar-refractivity contribution is 5.00. The van der Waals surface area contributed by atoms with Crippen LogP contribution >= 0.6 is 0 Å². The van der Waals surface area contributed by atoms with Crippen LogP contribution in [0.5, 0.6) is 0 Å². The second kappa shape index (κ2) is 7.66. The highest BCUT2D eigenvalue weighted by Crippen LogP contribution is 2.21. The van der Waals surface area contributed by atoms with Gasteiger partial charge in [0.1, 0.15) is 18.3 Å². The summed E-state index contributed by atoms with van der Waals surface area (Å²) in [5.41, 5.74) is 0.698. The monoisotopic (exact) mass is 247 g/mol. The first-order valence-electron chi connectivity index (χ1n) is 6.02. The predicted octanol–water partition coefficient (Wildman–Crippen LogP) is 0.00580. The molecular formula is C12H25NO4. The van der Waals surface area contributed by atoms with E-state index in [1.807, 2.05) is 13.8 Å². The smallest absolute Gasteiger partial charge is 0.110 e. The van der Waals surface area contributed by atoms with Crippen LogP contribution in [0.2, 0.25) is 0 Å². The minimum atomic E-state index is -1.08. The van der Waals surface area contributed by atoms with Crippen molar-refractivity contribution < 1.29 is 20.1 Å². The van der Waals surface area contributed by atoms with E-state index in [-0.39, 0.29) is 12.7 Å². The van der Waals surface area contributed by atoms with Crippen molar-refractivity contribution in [2.24, 2.45) is 0 Å². The summed E-state index contributed by atoms with van der Waals surface area (Å²) in [4.78, 5) is 0. The van der Waals surface area contributed by atoms with Crippen molar-refractivity contribution in [3.05, 3.63) is 12.3 Å². The molecule has 1 heterocycles. The zero-order valence-electron chi connectivity index (χ0n) is 11.1. The van der Waals surface area contributed by atoms with E-state index < -0.39 is 24.4 Å². The number of nitrogens with one attached hydrogen (secondary N) is 1. The summed E-state index contributed by atoms with van der Waals surface area (Å²) in [5, 5.41) is 31.3. The van der Waals surface area contributed by atoms with Crippen molar-refractivity contribution in [3.8, 4) is 0 Å². The Morgan fingerprint density at radius 1 is 1.29 bits per heavy atom. The Morgan fingerprint density at radius 2 is 1.82 bits per heavy atom. The third kappa shape index (κ3) is 4.27. The van der Waals surface area contributed by atoms with Crippen LogP contribution in [0.25, 0.3) is 0 Å². The lowest BCUT2D eigenvalue weighted by Gasteiger charge is -2.41. The minimum absolute atomic E-state index is 0.294. The van der Waals surface area contributed by atoms with E-state index in [1.54, 1.807) is 13.8 Å². The first-order chi connectivity index (χ1) is 7.97. The number of allylic oxidation sites excluding steroid dienone is 1. The van der Waals surface area contributed by atoms with Gasteiger partial charge in [0.15, 0.2) is 0 Å². The molecule has 0 saturated carbocycles. The Balaban J connectivity index is 0.00000121. The van der Waals surface area contributed by atoms with Gasteiger partial charge < -0.3 is 25.4 Å². The Morgan fingerprint density at radius 3 is 2.24 bits per heavy atom. The van der Waals surface area contributed by atoms with Gasteiger partial charge in [0.2, 0.25) is 0 Å². The molecule has 4 N–H and O–H groups in total. The van der Waals surface area contributed by atoms with Gasteiger partial charge in [-0.2, -0.15) is 0 Å². The Labute approximate surface area is 103 Å². The van der Waals surface area contributed by atoms with Gasteiger partial charge in [-0.15, -0.1) is 0 Å². The zero-order chi connectivity index (χ0) is 13.6. The van der Waals surface area contributed by atoms with Crippen LogP contribution in [-0.2, 0) is 4.74 Å². The maximum Gasteiger partial charge on any atom is 0.110 e. The number of hydrogen-bond donors (Lipinski definition) is 4. The maximum absolute atomic E-state index is 9.81. The molecule has 1 aliphatic rings. The molecule has 0 aromatic heterocycles. The largest absolute Gasteiger partial charge is 0.394 e. The van der Waals surface area contributed by atoms with Crippen molar-refractivity contribution in [3.63, 3.8) is 0 Å². The first-order valence-corrected chi connectivity index (χ1v) is 6.02. The fourth-order valence-corrected chi connectivity index (χ4v) is 1.79. The highest BCUT2D eigenvalue weighted by atomic mass is 16.5. The molecule has 1 aliphatic heterocycles. The zero-order valence-corrected chi connectivity index (χ0v) is 11.1. The standard InChI is InChI=1S/C10H19NO4.C2H6/c1-5(2)11-8-6(3)15-7(4-12)9(13)10(8)14;1-2/h6-14H,1,4H2,2-3H3;1-2H3. The van der Waals surface area contributed by atoms with Crippen molar-refractivity contribution in [1.82, 2.24) is 5.32 Å². The molecule has 0 aromatic rings. The number of ether oxygens (including phenoxy) is 1. The summed E-state index contributed by atoms with van der Waals surface area (Å²) in [5.74, 6) is 0. The molecule has 17 heavy (non-hydrogen) atoms. The van der Waals surface area contributed by atoms with Crippen LogP contribution in [0.4, 0.5) is 0 Å². The van der Waals surface area contributed by atoms with Crippen LogP contribution < -0.4 is 5.32 Å². The fourth-order valence-electron chi connectivity index (χ4n) is 1.79. The van der Waals surface area contributed by atoms with E-state index >= 15 is 0 Å². The SMILES string of the molecule is C=C(C)NC1C(C)OC(CO)C(O)C1O.CC. The van der Waals surface area contributed by atoms with Crippen molar-refractivity contribution in [1.29, 1.82) is 0 Å². The third-order valence-corrected chi connectivity index (χ3v) is 2.59. The van der Waals surface area contributed by atoms with Crippen LogP contribution in [0.1, 0.15) is 27.7 Å². The molecule has 1 rings (SSSR count). The van der Waals surface area contributed by atoms with E-state index in [4.69, 9.17) is 9.84 Å². The van der Waals surface area contributed by atoms with Crippen LogP contribution in [-0.4, -0.2) is 52.4 Å². The predicted molar refractivity (Wildman–Crippen MR) is 66.5 cm³/mol. The molecule has 0 bridgehead atoms. The molecule has 5 heteroatoms. The van der Waals surface area contributed by atoms with Crippen LogP contribution in [0.15, 0.2) is 12.3 Å². The fraction of sp³-hybridized carbons (Fsp3) is 0.833. The normalized spacial score (nSPS) is 36.8. The van der Waals surface area contributed by atoms with E-state index in [9.17, 15) is 10.2 Å². The van der Waals surface area contributed by atoms with E-state index in [2.05, 4.69) is 11.9 Å². The molecule has 0 spiro atoms. The molecule has 0 amide bonds. The molecule has 1 saturated heterocycles. The van der Waals surface area contributed by atoms with Gasteiger partial charge in [0.05, 0.1) is 18.8 Å². The molecule has 0 aromatic carbocycles. The lowest BCUT2D eigenvalue weighted by atomic mass is 9.93. The third-order valence-electron chi connectivity index (χ3n) is 2.59. The Bertz CT molecular complexity index is 235. The minimum Gasteiger partial charge on any atom is -0.394 e. The molecule has 5 unspecified atom stereocenters. The summed E-state index contributed by atoms with van der Waals surface area (Å²) in [6, 6.07) is -0.403. The number of aliphatic hydroxyl groups excluding tert-OH is 3. The summed E-state index contributed by atoms with van der Waals surface area (Å²) in [6.07, 6.45) is -3.07. The average molecular weight is 247 g/mol. The van der Waals surface area contributed by atoms with Gasteiger partial charge in [-0.25, -0.2) is 0 Å². The molecular weight excluding hydrogens is 222 g/mol. The number of rotatable bonds is 3. The quantitative estimate of drug-likeness (QED) is 0.564. The number of hydrogen-bond acceptors (Lipinski definition) is 5. The van der Waals surface area contributed by atoms with Gasteiger partial charge in [0.25, 0.3) is 0 Å². The lowest BCUT2D eigenvalue weighted by Crippen LogP contribution is -2.62. The van der Waals surface area contributed by atoms with Crippen molar-refractivity contribution >= 4 is 0 Å². The second-order valence-electron chi connectivity index (χ2n) is 3.99. The molecule has 0 radical (unpaired) electrons. The molecule has 5 atom stereocenters. The molecule has 0 aliphatic carbocycles. The van der Waals surface area contributed by atoms with Gasteiger partial charge in [0, 0.05) is 5.70 Å². The topological polar surface area (TPSA) is 82.0 Å². The van der Waals surface area contributed by atoms with Crippen LogP contribution in [0.3, 0.4) is 0 Å². The van der Waals surface area contributed by atoms with Gasteiger partial charge >= 0.3 is 0 Å². The summed E-state index contributed by atoms with van der Waals surface area (Å²) in [7, 11) is 0. The van der Waals surface area contributed by atoms with Crippen molar-refractivity contribution in [2.75, 3.05) is 6.61 Å². The van der Waals surface area contributed by atoms with Gasteiger partial charge in [-0.3, -0.25) is 0 Å². The average Bonchev–Trinajstić information content (AvgIpc) is 2.31. The van der Waals surface area contributed by atoms with Crippen molar-refractivity contribution in [2.45, 2.75) is 58.2 Å². The molecule has 5 nitrogen and oxygen atoms in total. The van der Waals surface area contributed by atoms with Gasteiger partial charge in [-0.05, 0) is 13.8 Å². The lowest BCUT2D eigenvalue weighted by molar-refractivity contribution is -0.188. The van der Waals surface area contributed by atoms with E-state index in [0.717, 1.165) is 0 Å². The molecule has 1 fully saturated rings. The Hall–Kier alpha value is -0.620. The highest BCUT2D eigenvalue weighted by Gasteiger charge is 2.42. The summed E-state index contributed by atoms with van der Waals surface area (Å²) < 4.78 is 5.37. The second-order valence-corrected chi connectivity index (χ2v) is 3.99. The van der Waals surface area contributed by atoms with Crippen LogP contribution in [0, 0.1) is 0 Å². The van der Waals surface area contributed by atoms with Gasteiger partial charge in [-0.1, -0.05) is 20.4 Å². The van der Waals surface area contributed by atoms with E-state index in [1.165, 1.54) is 0 Å².